The molecule has 0 radical (unpaired) electrons. The molecule has 2 aromatic carbocycles. The SMILES string of the molecule is CC.Fc1cccc(COc2ccc(Nc3ncnc4sc(CN5CCCNCC5)nc34)cc2Cl)c1. The molecule has 0 aliphatic carbocycles. The van der Waals surface area contributed by atoms with E-state index in [1.807, 2.05) is 19.9 Å². The quantitative estimate of drug-likeness (QED) is 0.303. The summed E-state index contributed by atoms with van der Waals surface area (Å²) in [5.41, 5.74) is 2.24. The van der Waals surface area contributed by atoms with Gasteiger partial charge in [0.05, 0.1) is 11.6 Å². The van der Waals surface area contributed by atoms with Gasteiger partial charge in [-0.2, -0.15) is 0 Å². The molecule has 4 aromatic rings. The van der Waals surface area contributed by atoms with Crippen LogP contribution in [0.1, 0.15) is 30.8 Å². The summed E-state index contributed by atoms with van der Waals surface area (Å²) in [4.78, 5) is 16.9. The lowest BCUT2D eigenvalue weighted by molar-refractivity contribution is 0.284. The fourth-order valence-corrected chi connectivity index (χ4v) is 5.01. The third-order valence-electron chi connectivity index (χ3n) is 5.51. The number of ether oxygens (including phenoxy) is 1. The third-order valence-corrected chi connectivity index (χ3v) is 6.75. The monoisotopic (exact) mass is 528 g/mol. The Hall–Kier alpha value is -2.85. The van der Waals surface area contributed by atoms with Crippen LogP contribution in [0.15, 0.2) is 48.8 Å². The van der Waals surface area contributed by atoms with Gasteiger partial charge in [0.15, 0.2) is 5.82 Å². The Morgan fingerprint density at radius 3 is 2.86 bits per heavy atom. The van der Waals surface area contributed by atoms with Crippen molar-refractivity contribution >= 4 is 44.8 Å². The fraction of sp³-hybridized carbons (Fsp3) is 0.346. The van der Waals surface area contributed by atoms with E-state index in [0.717, 1.165) is 65.8 Å². The largest absolute Gasteiger partial charge is 0.487 e. The third kappa shape index (κ3) is 6.88. The molecule has 0 unspecified atom stereocenters. The van der Waals surface area contributed by atoms with Crippen molar-refractivity contribution in [2.24, 2.45) is 0 Å². The normalized spacial score (nSPS) is 14.1. The Morgan fingerprint density at radius 1 is 1.14 bits per heavy atom. The van der Waals surface area contributed by atoms with E-state index >= 15 is 0 Å². The van der Waals surface area contributed by atoms with Crippen molar-refractivity contribution in [3.8, 4) is 5.75 Å². The zero-order chi connectivity index (χ0) is 25.3. The van der Waals surface area contributed by atoms with E-state index in [0.29, 0.717) is 16.6 Å². The van der Waals surface area contributed by atoms with Gasteiger partial charge in [0.1, 0.15) is 39.9 Å². The van der Waals surface area contributed by atoms with Gasteiger partial charge in [0.25, 0.3) is 0 Å². The Labute approximate surface area is 219 Å². The maximum Gasteiger partial charge on any atom is 0.161 e. The molecule has 0 spiro atoms. The van der Waals surface area contributed by atoms with Crippen LogP contribution in [0.5, 0.6) is 5.75 Å². The number of rotatable bonds is 7. The number of aromatic nitrogens is 3. The fourth-order valence-electron chi connectivity index (χ4n) is 3.83. The summed E-state index contributed by atoms with van der Waals surface area (Å²) in [7, 11) is 0. The first-order chi connectivity index (χ1) is 17.6. The summed E-state index contributed by atoms with van der Waals surface area (Å²) < 4.78 is 19.1. The maximum atomic E-state index is 13.4. The zero-order valence-electron chi connectivity index (χ0n) is 20.4. The smallest absolute Gasteiger partial charge is 0.161 e. The lowest BCUT2D eigenvalue weighted by Gasteiger charge is -2.17. The first-order valence-corrected chi connectivity index (χ1v) is 13.3. The Balaban J connectivity index is 0.00000148. The molecule has 2 aromatic heterocycles. The van der Waals surface area contributed by atoms with Crippen LogP contribution in [0.3, 0.4) is 0 Å². The van der Waals surface area contributed by atoms with Gasteiger partial charge in [-0.1, -0.05) is 48.9 Å². The average molecular weight is 529 g/mol. The van der Waals surface area contributed by atoms with E-state index in [1.54, 1.807) is 41.9 Å². The lowest BCUT2D eigenvalue weighted by atomic mass is 10.2. The number of hydrogen-bond donors (Lipinski definition) is 2. The molecule has 1 saturated heterocycles. The minimum absolute atomic E-state index is 0.228. The van der Waals surface area contributed by atoms with Gasteiger partial charge in [0, 0.05) is 18.8 Å². The molecule has 0 atom stereocenters. The molecule has 190 valence electrons. The minimum atomic E-state index is -0.295. The number of halogens is 2. The first-order valence-electron chi connectivity index (χ1n) is 12.1. The second-order valence-corrected chi connectivity index (χ2v) is 9.52. The van der Waals surface area contributed by atoms with E-state index in [9.17, 15) is 4.39 Å². The highest BCUT2D eigenvalue weighted by atomic mass is 35.5. The van der Waals surface area contributed by atoms with Crippen LogP contribution in [-0.2, 0) is 13.2 Å². The molecule has 3 heterocycles. The molecular formula is C26H30ClFN6OS. The number of anilines is 2. The van der Waals surface area contributed by atoms with Crippen molar-refractivity contribution in [2.45, 2.75) is 33.4 Å². The van der Waals surface area contributed by atoms with Gasteiger partial charge < -0.3 is 15.4 Å². The average Bonchev–Trinajstić information content (AvgIpc) is 3.12. The number of fused-ring (bicyclic) bond motifs is 1. The van der Waals surface area contributed by atoms with Crippen molar-refractivity contribution in [2.75, 3.05) is 31.5 Å². The van der Waals surface area contributed by atoms with Gasteiger partial charge in [-0.05, 0) is 55.4 Å². The topological polar surface area (TPSA) is 75.2 Å². The molecule has 10 heteroatoms. The molecule has 36 heavy (non-hydrogen) atoms. The van der Waals surface area contributed by atoms with E-state index in [-0.39, 0.29) is 12.4 Å². The molecule has 2 N–H and O–H groups in total. The Morgan fingerprint density at radius 2 is 2.03 bits per heavy atom. The van der Waals surface area contributed by atoms with Crippen LogP contribution in [0.25, 0.3) is 10.3 Å². The van der Waals surface area contributed by atoms with Crippen LogP contribution in [0, 0.1) is 5.82 Å². The van der Waals surface area contributed by atoms with Gasteiger partial charge >= 0.3 is 0 Å². The second-order valence-electron chi connectivity index (χ2n) is 8.05. The van der Waals surface area contributed by atoms with Crippen LogP contribution in [0.2, 0.25) is 5.02 Å². The summed E-state index contributed by atoms with van der Waals surface area (Å²) in [6.45, 7) is 9.18. The minimum Gasteiger partial charge on any atom is -0.487 e. The van der Waals surface area contributed by atoms with Crippen LogP contribution < -0.4 is 15.4 Å². The molecule has 5 rings (SSSR count). The highest BCUT2D eigenvalue weighted by Gasteiger charge is 2.15. The second kappa shape index (κ2) is 12.9. The molecular weight excluding hydrogens is 499 g/mol. The van der Waals surface area contributed by atoms with Crippen molar-refractivity contribution in [3.05, 3.63) is 70.2 Å². The van der Waals surface area contributed by atoms with Crippen molar-refractivity contribution in [1.29, 1.82) is 0 Å². The highest BCUT2D eigenvalue weighted by molar-refractivity contribution is 7.18. The number of nitrogens with zero attached hydrogens (tertiary/aromatic N) is 4. The predicted octanol–water partition coefficient (Wildman–Crippen LogP) is 6.02. The summed E-state index contributed by atoms with van der Waals surface area (Å²) in [6.07, 6.45) is 2.68. The standard InChI is InChI=1S/C24H24ClFN6OS.C2H6/c25-19-12-18(5-6-20(19)33-14-16-3-1-4-17(26)11-16)30-23-22-24(29-15-28-23)34-21(31-22)13-32-9-2-7-27-8-10-32;1-2/h1,3-6,11-12,15,27H,2,7-10,13-14H2,(H,28,29,30);1-2H3. The Kier molecular flexibility index (Phi) is 9.41. The molecule has 1 fully saturated rings. The molecule has 0 bridgehead atoms. The maximum absolute atomic E-state index is 13.4. The van der Waals surface area contributed by atoms with Gasteiger partial charge in [0.2, 0.25) is 0 Å². The van der Waals surface area contributed by atoms with Crippen LogP contribution in [0.4, 0.5) is 15.9 Å². The number of nitrogens with one attached hydrogen (secondary N) is 2. The molecule has 1 aliphatic rings. The van der Waals surface area contributed by atoms with Gasteiger partial charge in [-0.25, -0.2) is 19.3 Å². The van der Waals surface area contributed by atoms with E-state index in [1.165, 1.54) is 12.1 Å². The molecule has 0 saturated carbocycles. The first kappa shape index (κ1) is 26.2. The number of thiazole rings is 1. The highest BCUT2D eigenvalue weighted by Crippen LogP contribution is 2.32. The van der Waals surface area contributed by atoms with Crippen molar-refractivity contribution in [3.63, 3.8) is 0 Å². The van der Waals surface area contributed by atoms with Crippen molar-refractivity contribution in [1.82, 2.24) is 25.2 Å². The van der Waals surface area contributed by atoms with Gasteiger partial charge in [-0.3, -0.25) is 4.90 Å². The van der Waals surface area contributed by atoms with Crippen LogP contribution in [-0.4, -0.2) is 46.0 Å². The number of benzene rings is 2. The lowest BCUT2D eigenvalue weighted by Crippen LogP contribution is -2.27. The predicted molar refractivity (Wildman–Crippen MR) is 145 cm³/mol. The van der Waals surface area contributed by atoms with E-state index in [2.05, 4.69) is 25.5 Å². The van der Waals surface area contributed by atoms with E-state index in [4.69, 9.17) is 21.3 Å². The molecule has 0 amide bonds. The van der Waals surface area contributed by atoms with Gasteiger partial charge in [-0.15, -0.1) is 0 Å². The van der Waals surface area contributed by atoms with Crippen LogP contribution >= 0.6 is 22.9 Å². The summed E-state index contributed by atoms with van der Waals surface area (Å²) in [6, 6.07) is 11.7. The van der Waals surface area contributed by atoms with Crippen molar-refractivity contribution < 1.29 is 9.13 Å². The molecule has 1 aliphatic heterocycles. The Bertz CT molecular complexity index is 1280. The summed E-state index contributed by atoms with van der Waals surface area (Å²) >= 11 is 8.04. The molecule has 7 nitrogen and oxygen atoms in total. The summed E-state index contributed by atoms with van der Waals surface area (Å²) in [5.74, 6) is 0.860. The van der Waals surface area contributed by atoms with E-state index < -0.39 is 0 Å². The zero-order valence-corrected chi connectivity index (χ0v) is 22.0. The summed E-state index contributed by atoms with van der Waals surface area (Å²) in [5, 5.41) is 8.20. The number of hydrogen-bond acceptors (Lipinski definition) is 8.